The second kappa shape index (κ2) is 7.77. The minimum Gasteiger partial charge on any atom is -0.381 e. The number of hydrogen-bond acceptors (Lipinski definition) is 4. The number of amides is 1. The quantitative estimate of drug-likeness (QED) is 0.927. The van der Waals surface area contributed by atoms with Gasteiger partial charge in [-0.1, -0.05) is 0 Å². The van der Waals surface area contributed by atoms with Gasteiger partial charge in [-0.15, -0.1) is 0 Å². The van der Waals surface area contributed by atoms with Crippen LogP contribution in [0.1, 0.15) is 55.3 Å². The number of nitrogens with one attached hydrogen (secondary N) is 1. The number of likely N-dealkylation sites (tertiary alicyclic amines) is 1. The second-order valence-electron chi connectivity index (χ2n) is 6.62. The van der Waals surface area contributed by atoms with E-state index in [-0.39, 0.29) is 5.91 Å². The van der Waals surface area contributed by atoms with E-state index in [9.17, 15) is 4.79 Å². The Morgan fingerprint density at radius 1 is 1.26 bits per heavy atom. The first-order chi connectivity index (χ1) is 11.3. The third kappa shape index (κ3) is 4.02. The van der Waals surface area contributed by atoms with Gasteiger partial charge in [0.25, 0.3) is 5.91 Å². The van der Waals surface area contributed by atoms with Crippen LogP contribution in [0.2, 0.25) is 0 Å². The van der Waals surface area contributed by atoms with Gasteiger partial charge in [0.15, 0.2) is 0 Å². The molecule has 1 saturated carbocycles. The molecule has 5 nitrogen and oxygen atoms in total. The summed E-state index contributed by atoms with van der Waals surface area (Å²) in [4.78, 5) is 19.2. The standard InChI is InChI=1S/C18H27N3O2/c1-23-15-8-5-7-14(13-15)20-17-16(9-6-10-19-17)18(22)21-11-3-2-4-12-21/h6,9-10,14-15H,2-5,7-8,11-13H2,1H3,(H,19,20). The summed E-state index contributed by atoms with van der Waals surface area (Å²) in [5.41, 5.74) is 0.703. The summed E-state index contributed by atoms with van der Waals surface area (Å²) in [5, 5.41) is 3.50. The maximum absolute atomic E-state index is 12.8. The zero-order chi connectivity index (χ0) is 16.1. The molecule has 1 N–H and O–H groups in total. The van der Waals surface area contributed by atoms with E-state index < -0.39 is 0 Å². The number of pyridine rings is 1. The molecule has 2 heterocycles. The number of nitrogens with zero attached hydrogens (tertiary/aromatic N) is 2. The van der Waals surface area contributed by atoms with Crippen molar-refractivity contribution in [3.63, 3.8) is 0 Å². The van der Waals surface area contributed by atoms with Crippen LogP contribution >= 0.6 is 0 Å². The lowest BCUT2D eigenvalue weighted by atomic mass is 9.92. The number of anilines is 1. The highest BCUT2D eigenvalue weighted by Crippen LogP contribution is 2.25. The largest absolute Gasteiger partial charge is 0.381 e. The Labute approximate surface area is 138 Å². The molecule has 0 bridgehead atoms. The lowest BCUT2D eigenvalue weighted by molar-refractivity contribution is 0.0668. The summed E-state index contributed by atoms with van der Waals surface area (Å²) in [6, 6.07) is 4.07. The molecule has 1 aliphatic carbocycles. The molecule has 2 unspecified atom stereocenters. The van der Waals surface area contributed by atoms with Crippen LogP contribution in [-0.4, -0.2) is 48.1 Å². The zero-order valence-corrected chi connectivity index (χ0v) is 14.0. The number of ether oxygens (including phenoxy) is 1. The lowest BCUT2D eigenvalue weighted by Crippen LogP contribution is -2.37. The van der Waals surface area contributed by atoms with Crippen molar-refractivity contribution in [2.45, 2.75) is 57.1 Å². The molecule has 2 fully saturated rings. The molecule has 23 heavy (non-hydrogen) atoms. The van der Waals surface area contributed by atoms with Gasteiger partial charge in [0.2, 0.25) is 0 Å². The fourth-order valence-electron chi connectivity index (χ4n) is 3.64. The van der Waals surface area contributed by atoms with Gasteiger partial charge < -0.3 is 15.0 Å². The second-order valence-corrected chi connectivity index (χ2v) is 6.62. The molecule has 1 aromatic heterocycles. The average Bonchev–Trinajstić information content (AvgIpc) is 2.62. The summed E-state index contributed by atoms with van der Waals surface area (Å²) in [6.45, 7) is 1.73. The third-order valence-corrected chi connectivity index (χ3v) is 4.98. The first kappa shape index (κ1) is 16.2. The van der Waals surface area contributed by atoms with Crippen molar-refractivity contribution >= 4 is 11.7 Å². The van der Waals surface area contributed by atoms with Crippen LogP contribution in [0.25, 0.3) is 0 Å². The van der Waals surface area contributed by atoms with Crippen LogP contribution in [0.5, 0.6) is 0 Å². The number of rotatable bonds is 4. The normalized spacial score (nSPS) is 25.2. The molecule has 0 aromatic carbocycles. The Hall–Kier alpha value is -1.62. The Morgan fingerprint density at radius 3 is 2.87 bits per heavy atom. The van der Waals surface area contributed by atoms with Crippen molar-refractivity contribution in [3.05, 3.63) is 23.9 Å². The lowest BCUT2D eigenvalue weighted by Gasteiger charge is -2.31. The Kier molecular flexibility index (Phi) is 5.49. The van der Waals surface area contributed by atoms with Crippen LogP contribution in [-0.2, 0) is 4.74 Å². The van der Waals surface area contributed by atoms with Gasteiger partial charge in [0.05, 0.1) is 11.7 Å². The van der Waals surface area contributed by atoms with E-state index in [1.807, 2.05) is 17.0 Å². The van der Waals surface area contributed by atoms with Crippen molar-refractivity contribution in [3.8, 4) is 0 Å². The summed E-state index contributed by atoms with van der Waals surface area (Å²) >= 11 is 0. The first-order valence-corrected chi connectivity index (χ1v) is 8.81. The molecule has 2 atom stereocenters. The zero-order valence-electron chi connectivity index (χ0n) is 14.0. The topological polar surface area (TPSA) is 54.5 Å². The minimum absolute atomic E-state index is 0.111. The summed E-state index contributed by atoms with van der Waals surface area (Å²) in [7, 11) is 1.78. The van der Waals surface area contributed by atoms with E-state index in [2.05, 4.69) is 10.3 Å². The number of methoxy groups -OCH3 is 1. The maximum Gasteiger partial charge on any atom is 0.257 e. The smallest absolute Gasteiger partial charge is 0.257 e. The highest BCUT2D eigenvalue weighted by Gasteiger charge is 2.25. The highest BCUT2D eigenvalue weighted by molar-refractivity contribution is 5.98. The molecule has 1 aromatic rings. The van der Waals surface area contributed by atoms with E-state index in [4.69, 9.17) is 4.74 Å². The molecule has 3 rings (SSSR count). The van der Waals surface area contributed by atoms with Gasteiger partial charge >= 0.3 is 0 Å². The molecule has 2 aliphatic rings. The highest BCUT2D eigenvalue weighted by atomic mass is 16.5. The minimum atomic E-state index is 0.111. The number of aromatic nitrogens is 1. The molecule has 1 aliphatic heterocycles. The number of carbonyl (C=O) groups is 1. The van der Waals surface area contributed by atoms with Crippen molar-refractivity contribution in [1.29, 1.82) is 0 Å². The van der Waals surface area contributed by atoms with E-state index in [1.54, 1.807) is 13.3 Å². The number of piperidine rings is 1. The first-order valence-electron chi connectivity index (χ1n) is 8.81. The Morgan fingerprint density at radius 2 is 2.09 bits per heavy atom. The van der Waals surface area contributed by atoms with E-state index in [0.717, 1.165) is 57.4 Å². The summed E-state index contributed by atoms with van der Waals surface area (Å²) in [5.74, 6) is 0.837. The van der Waals surface area contributed by atoms with Crippen LogP contribution < -0.4 is 5.32 Å². The van der Waals surface area contributed by atoms with Crippen LogP contribution in [0.3, 0.4) is 0 Å². The van der Waals surface area contributed by atoms with Crippen LogP contribution in [0.4, 0.5) is 5.82 Å². The number of carbonyl (C=O) groups excluding carboxylic acids is 1. The molecular weight excluding hydrogens is 290 g/mol. The van der Waals surface area contributed by atoms with Crippen molar-refractivity contribution < 1.29 is 9.53 Å². The Bertz CT molecular complexity index is 529. The number of hydrogen-bond donors (Lipinski definition) is 1. The predicted octanol–water partition coefficient (Wildman–Crippen LogP) is 3.08. The summed E-state index contributed by atoms with van der Waals surface area (Å²) < 4.78 is 5.50. The van der Waals surface area contributed by atoms with Gasteiger partial charge in [-0.05, 0) is 57.1 Å². The van der Waals surface area contributed by atoms with E-state index in [1.165, 1.54) is 6.42 Å². The third-order valence-electron chi connectivity index (χ3n) is 4.98. The van der Waals surface area contributed by atoms with Gasteiger partial charge in [-0.3, -0.25) is 4.79 Å². The monoisotopic (exact) mass is 317 g/mol. The molecule has 0 spiro atoms. The predicted molar refractivity (Wildman–Crippen MR) is 90.7 cm³/mol. The van der Waals surface area contributed by atoms with Crippen LogP contribution in [0, 0.1) is 0 Å². The maximum atomic E-state index is 12.8. The molecule has 1 amide bonds. The van der Waals surface area contributed by atoms with Crippen molar-refractivity contribution in [2.24, 2.45) is 0 Å². The van der Waals surface area contributed by atoms with Gasteiger partial charge in [-0.25, -0.2) is 4.98 Å². The van der Waals surface area contributed by atoms with Crippen molar-refractivity contribution in [2.75, 3.05) is 25.5 Å². The Balaban J connectivity index is 1.71. The van der Waals surface area contributed by atoms with Gasteiger partial charge in [0, 0.05) is 32.4 Å². The molecule has 1 saturated heterocycles. The van der Waals surface area contributed by atoms with E-state index >= 15 is 0 Å². The van der Waals surface area contributed by atoms with Crippen LogP contribution in [0.15, 0.2) is 18.3 Å². The van der Waals surface area contributed by atoms with Gasteiger partial charge in [0.1, 0.15) is 5.82 Å². The fourth-order valence-corrected chi connectivity index (χ4v) is 3.64. The molecule has 5 heteroatoms. The molecule has 0 radical (unpaired) electrons. The summed E-state index contributed by atoms with van der Waals surface area (Å²) in [6.07, 6.45) is 9.85. The van der Waals surface area contributed by atoms with E-state index in [0.29, 0.717) is 17.7 Å². The molecule has 126 valence electrons. The van der Waals surface area contributed by atoms with Gasteiger partial charge in [-0.2, -0.15) is 0 Å². The van der Waals surface area contributed by atoms with Crippen molar-refractivity contribution in [1.82, 2.24) is 9.88 Å². The SMILES string of the molecule is COC1CCCC(Nc2ncccc2C(=O)N2CCCCC2)C1. The molecular formula is C18H27N3O2. The fraction of sp³-hybridized carbons (Fsp3) is 0.667. The average molecular weight is 317 g/mol.